The van der Waals surface area contributed by atoms with Gasteiger partial charge in [-0.2, -0.15) is 0 Å². The maximum Gasteiger partial charge on any atom is 0.223 e. The van der Waals surface area contributed by atoms with Gasteiger partial charge in [0.25, 0.3) is 0 Å². The first-order chi connectivity index (χ1) is 10.3. The number of hydrogen-bond acceptors (Lipinski definition) is 3. The molecule has 0 aliphatic heterocycles. The molecule has 0 aromatic heterocycles. The molecule has 0 fully saturated rings. The minimum atomic E-state index is -1.22. The standard InChI is InChI=1S/C17H26N2O3/c1-4-13(2)19-15(20)10-11-18-16(21)12-17(3,22)14-8-6-5-7-9-14/h5-9,13,22H,4,10-12H2,1-3H3,(H,18,21)(H,19,20). The molecule has 1 aromatic carbocycles. The molecular formula is C17H26N2O3. The van der Waals surface area contributed by atoms with E-state index in [0.717, 1.165) is 6.42 Å². The van der Waals surface area contributed by atoms with Crippen molar-refractivity contribution in [1.82, 2.24) is 10.6 Å². The second-order valence-electron chi connectivity index (χ2n) is 5.79. The van der Waals surface area contributed by atoms with Crippen molar-refractivity contribution >= 4 is 11.8 Å². The summed E-state index contributed by atoms with van der Waals surface area (Å²) >= 11 is 0. The highest BCUT2D eigenvalue weighted by Gasteiger charge is 2.26. The SMILES string of the molecule is CCC(C)NC(=O)CCNC(=O)CC(C)(O)c1ccccc1. The van der Waals surface area contributed by atoms with Crippen LogP contribution >= 0.6 is 0 Å². The maximum atomic E-state index is 11.9. The van der Waals surface area contributed by atoms with Crippen LogP contribution in [0.1, 0.15) is 45.6 Å². The molecule has 0 saturated heterocycles. The first kappa shape index (κ1) is 18.2. The van der Waals surface area contributed by atoms with Gasteiger partial charge in [-0.05, 0) is 25.8 Å². The molecule has 0 aliphatic rings. The average Bonchev–Trinajstić information content (AvgIpc) is 2.47. The van der Waals surface area contributed by atoms with Crippen molar-refractivity contribution in [3.05, 3.63) is 35.9 Å². The molecule has 2 unspecified atom stereocenters. The lowest BCUT2D eigenvalue weighted by Gasteiger charge is -2.23. The number of nitrogens with one attached hydrogen (secondary N) is 2. The Morgan fingerprint density at radius 3 is 2.45 bits per heavy atom. The van der Waals surface area contributed by atoms with Crippen LogP contribution in [-0.2, 0) is 15.2 Å². The van der Waals surface area contributed by atoms with Crippen molar-refractivity contribution in [3.63, 3.8) is 0 Å². The van der Waals surface area contributed by atoms with Gasteiger partial charge in [0.05, 0.1) is 12.0 Å². The Kier molecular flexibility index (Phi) is 7.05. The topological polar surface area (TPSA) is 78.4 Å². The number of hydrogen-bond donors (Lipinski definition) is 3. The van der Waals surface area contributed by atoms with E-state index in [4.69, 9.17) is 0 Å². The second-order valence-corrected chi connectivity index (χ2v) is 5.79. The lowest BCUT2D eigenvalue weighted by molar-refractivity contribution is -0.126. The third kappa shape index (κ3) is 6.26. The normalized spacial score (nSPS) is 14.7. The van der Waals surface area contributed by atoms with Crippen LogP contribution in [0.25, 0.3) is 0 Å². The zero-order chi connectivity index (χ0) is 16.6. The summed E-state index contributed by atoms with van der Waals surface area (Å²) in [6.07, 6.45) is 1.07. The molecule has 22 heavy (non-hydrogen) atoms. The smallest absolute Gasteiger partial charge is 0.223 e. The molecule has 2 amide bonds. The van der Waals surface area contributed by atoms with Crippen LogP contribution in [-0.4, -0.2) is 29.5 Å². The van der Waals surface area contributed by atoms with E-state index in [1.54, 1.807) is 19.1 Å². The summed E-state index contributed by atoms with van der Waals surface area (Å²) in [6, 6.07) is 9.21. The minimum Gasteiger partial charge on any atom is -0.385 e. The first-order valence-corrected chi connectivity index (χ1v) is 7.69. The molecule has 1 aromatic rings. The highest BCUT2D eigenvalue weighted by Crippen LogP contribution is 2.23. The van der Waals surface area contributed by atoms with E-state index in [0.29, 0.717) is 5.56 Å². The first-order valence-electron chi connectivity index (χ1n) is 7.69. The van der Waals surface area contributed by atoms with Crippen LogP contribution in [0.5, 0.6) is 0 Å². The van der Waals surface area contributed by atoms with Crippen LogP contribution in [0.3, 0.4) is 0 Å². The van der Waals surface area contributed by atoms with E-state index in [9.17, 15) is 14.7 Å². The number of benzene rings is 1. The van der Waals surface area contributed by atoms with Gasteiger partial charge in [-0.15, -0.1) is 0 Å². The zero-order valence-electron chi connectivity index (χ0n) is 13.6. The van der Waals surface area contributed by atoms with Gasteiger partial charge in [-0.3, -0.25) is 9.59 Å². The van der Waals surface area contributed by atoms with Gasteiger partial charge in [-0.25, -0.2) is 0 Å². The van der Waals surface area contributed by atoms with Crippen molar-refractivity contribution in [2.45, 2.75) is 51.7 Å². The van der Waals surface area contributed by atoms with Crippen molar-refractivity contribution in [1.29, 1.82) is 0 Å². The van der Waals surface area contributed by atoms with Crippen LogP contribution in [0.2, 0.25) is 0 Å². The molecule has 0 saturated carbocycles. The monoisotopic (exact) mass is 306 g/mol. The van der Waals surface area contributed by atoms with Crippen LogP contribution < -0.4 is 10.6 Å². The maximum absolute atomic E-state index is 11.9. The highest BCUT2D eigenvalue weighted by atomic mass is 16.3. The summed E-state index contributed by atoms with van der Waals surface area (Å²) in [6.45, 7) is 5.81. The number of aliphatic hydroxyl groups is 1. The zero-order valence-corrected chi connectivity index (χ0v) is 13.6. The summed E-state index contributed by atoms with van der Waals surface area (Å²) in [4.78, 5) is 23.5. The number of amides is 2. The Morgan fingerprint density at radius 1 is 1.23 bits per heavy atom. The van der Waals surface area contributed by atoms with Crippen molar-refractivity contribution < 1.29 is 14.7 Å². The summed E-state index contributed by atoms with van der Waals surface area (Å²) in [5.74, 6) is -0.352. The molecule has 0 aliphatic carbocycles. The summed E-state index contributed by atoms with van der Waals surface area (Å²) in [5, 5.41) is 15.9. The number of carbonyl (C=O) groups excluding carboxylic acids is 2. The molecule has 5 heteroatoms. The van der Waals surface area contributed by atoms with Gasteiger partial charge >= 0.3 is 0 Å². The fraction of sp³-hybridized carbons (Fsp3) is 0.529. The number of carbonyl (C=O) groups is 2. The van der Waals surface area contributed by atoms with Gasteiger partial charge in [0.15, 0.2) is 0 Å². The van der Waals surface area contributed by atoms with E-state index in [1.807, 2.05) is 32.0 Å². The summed E-state index contributed by atoms with van der Waals surface area (Å²) < 4.78 is 0. The Hall–Kier alpha value is -1.88. The number of rotatable bonds is 8. The van der Waals surface area contributed by atoms with Crippen LogP contribution in [0, 0.1) is 0 Å². The predicted octanol–water partition coefficient (Wildman–Crippen LogP) is 1.71. The van der Waals surface area contributed by atoms with E-state index in [2.05, 4.69) is 10.6 Å². The van der Waals surface area contributed by atoms with Crippen LogP contribution in [0.15, 0.2) is 30.3 Å². The fourth-order valence-electron chi connectivity index (χ4n) is 2.04. The largest absolute Gasteiger partial charge is 0.385 e. The molecule has 1 rings (SSSR count). The minimum absolute atomic E-state index is 0.0377. The Balaban J connectivity index is 2.36. The highest BCUT2D eigenvalue weighted by molar-refractivity contribution is 5.79. The van der Waals surface area contributed by atoms with Crippen LogP contribution in [0.4, 0.5) is 0 Å². The Morgan fingerprint density at radius 2 is 1.86 bits per heavy atom. The van der Waals surface area contributed by atoms with E-state index in [1.165, 1.54) is 0 Å². The van der Waals surface area contributed by atoms with E-state index >= 15 is 0 Å². The molecule has 0 radical (unpaired) electrons. The molecular weight excluding hydrogens is 280 g/mol. The Bertz CT molecular complexity index is 486. The quantitative estimate of drug-likeness (QED) is 0.684. The third-order valence-electron chi connectivity index (χ3n) is 3.59. The van der Waals surface area contributed by atoms with Gasteiger partial charge in [0.2, 0.25) is 11.8 Å². The molecule has 3 N–H and O–H groups in total. The summed E-state index contributed by atoms with van der Waals surface area (Å²) in [7, 11) is 0. The average molecular weight is 306 g/mol. The lowest BCUT2D eigenvalue weighted by atomic mass is 9.92. The molecule has 0 heterocycles. The van der Waals surface area contributed by atoms with Gasteiger partial charge in [0.1, 0.15) is 0 Å². The van der Waals surface area contributed by atoms with Crippen molar-refractivity contribution in [2.24, 2.45) is 0 Å². The molecule has 5 nitrogen and oxygen atoms in total. The second kappa shape index (κ2) is 8.54. The Labute approximate surface area is 132 Å². The van der Waals surface area contributed by atoms with Gasteiger partial charge in [0, 0.05) is 19.0 Å². The lowest BCUT2D eigenvalue weighted by Crippen LogP contribution is -2.37. The van der Waals surface area contributed by atoms with E-state index < -0.39 is 5.60 Å². The van der Waals surface area contributed by atoms with Gasteiger partial charge < -0.3 is 15.7 Å². The fourth-order valence-corrected chi connectivity index (χ4v) is 2.04. The molecule has 2 atom stereocenters. The van der Waals surface area contributed by atoms with Crippen molar-refractivity contribution in [2.75, 3.05) is 6.54 Å². The van der Waals surface area contributed by atoms with E-state index in [-0.39, 0.29) is 37.2 Å². The summed E-state index contributed by atoms with van der Waals surface area (Å²) in [5.41, 5.74) is -0.524. The van der Waals surface area contributed by atoms with Crippen molar-refractivity contribution in [3.8, 4) is 0 Å². The third-order valence-corrected chi connectivity index (χ3v) is 3.59. The van der Waals surface area contributed by atoms with Gasteiger partial charge in [-0.1, -0.05) is 37.3 Å². The molecule has 0 bridgehead atoms. The molecule has 0 spiro atoms. The predicted molar refractivity (Wildman–Crippen MR) is 86.2 cm³/mol. The molecule has 122 valence electrons.